The second-order valence-electron chi connectivity index (χ2n) is 5.26. The maximum Gasteiger partial charge on any atom is 0.244 e. The van der Waals surface area contributed by atoms with Gasteiger partial charge in [-0.2, -0.15) is 0 Å². The summed E-state index contributed by atoms with van der Waals surface area (Å²) in [4.78, 5) is 13.3. The van der Waals surface area contributed by atoms with Crippen LogP contribution in [0, 0.1) is 5.92 Å². The highest BCUT2D eigenvalue weighted by molar-refractivity contribution is 5.74. The number of nitrogens with zero attached hydrogens (tertiary/aromatic N) is 1. The van der Waals surface area contributed by atoms with Crippen LogP contribution in [0.25, 0.3) is 0 Å². The van der Waals surface area contributed by atoms with Gasteiger partial charge in [0.25, 0.3) is 0 Å². The number of rotatable bonds is 5. The van der Waals surface area contributed by atoms with Gasteiger partial charge in [-0.3, -0.25) is 10.0 Å². The van der Waals surface area contributed by atoms with Crippen molar-refractivity contribution in [3.8, 4) is 0 Å². The fraction of sp³-hybridized carbons (Fsp3) is 0.533. The van der Waals surface area contributed by atoms with Crippen molar-refractivity contribution in [1.82, 2.24) is 10.4 Å². The van der Waals surface area contributed by atoms with E-state index in [1.54, 1.807) is 5.48 Å². The average molecular weight is 262 g/mol. The molecule has 0 unspecified atom stereocenters. The van der Waals surface area contributed by atoms with E-state index in [4.69, 9.17) is 5.21 Å². The van der Waals surface area contributed by atoms with Crippen molar-refractivity contribution in [1.29, 1.82) is 0 Å². The van der Waals surface area contributed by atoms with Crippen LogP contribution < -0.4 is 5.48 Å². The molecule has 0 bridgehead atoms. The highest BCUT2D eigenvalue weighted by atomic mass is 16.5. The molecule has 0 aromatic heterocycles. The lowest BCUT2D eigenvalue weighted by molar-refractivity contribution is -0.129. The van der Waals surface area contributed by atoms with E-state index in [1.807, 2.05) is 0 Å². The number of amides is 1. The van der Waals surface area contributed by atoms with Gasteiger partial charge in [0, 0.05) is 13.0 Å². The number of likely N-dealkylation sites (tertiary alicyclic amines) is 1. The van der Waals surface area contributed by atoms with E-state index >= 15 is 0 Å². The number of piperidine rings is 1. The van der Waals surface area contributed by atoms with Gasteiger partial charge in [-0.25, -0.2) is 5.48 Å². The molecule has 0 radical (unpaired) electrons. The van der Waals surface area contributed by atoms with Crippen LogP contribution in [0.5, 0.6) is 0 Å². The third-order valence-electron chi connectivity index (χ3n) is 3.85. The molecular formula is C15H22N2O2. The lowest BCUT2D eigenvalue weighted by Gasteiger charge is -2.31. The van der Waals surface area contributed by atoms with Gasteiger partial charge >= 0.3 is 0 Å². The Morgan fingerprint density at radius 1 is 1.26 bits per heavy atom. The lowest BCUT2D eigenvalue weighted by Crippen LogP contribution is -2.36. The molecule has 1 fully saturated rings. The molecule has 2 rings (SSSR count). The minimum absolute atomic E-state index is 0.300. The van der Waals surface area contributed by atoms with Gasteiger partial charge in [0.15, 0.2) is 0 Å². The summed E-state index contributed by atoms with van der Waals surface area (Å²) < 4.78 is 0. The molecule has 1 aliphatic heterocycles. The third kappa shape index (κ3) is 4.65. The molecule has 1 saturated heterocycles. The van der Waals surface area contributed by atoms with Crippen LogP contribution in [-0.4, -0.2) is 35.6 Å². The normalized spacial score (nSPS) is 17.3. The van der Waals surface area contributed by atoms with Crippen molar-refractivity contribution < 1.29 is 10.0 Å². The van der Waals surface area contributed by atoms with E-state index in [0.717, 1.165) is 32.0 Å². The first-order chi connectivity index (χ1) is 9.28. The van der Waals surface area contributed by atoms with Gasteiger partial charge in [-0.05, 0) is 43.8 Å². The van der Waals surface area contributed by atoms with Gasteiger partial charge in [0.2, 0.25) is 5.91 Å². The van der Waals surface area contributed by atoms with Crippen LogP contribution in [-0.2, 0) is 11.2 Å². The summed E-state index contributed by atoms with van der Waals surface area (Å²) in [5, 5.41) is 8.45. The van der Waals surface area contributed by atoms with Crippen molar-refractivity contribution >= 4 is 5.91 Å². The van der Waals surface area contributed by atoms with E-state index in [-0.39, 0.29) is 5.91 Å². The van der Waals surface area contributed by atoms with Gasteiger partial charge in [-0.1, -0.05) is 30.3 Å². The first-order valence-corrected chi connectivity index (χ1v) is 6.97. The summed E-state index contributed by atoms with van der Waals surface area (Å²) in [7, 11) is 0. The third-order valence-corrected chi connectivity index (χ3v) is 3.85. The number of carbonyl (C=O) groups is 1. The van der Waals surface area contributed by atoms with Gasteiger partial charge < -0.3 is 4.90 Å². The van der Waals surface area contributed by atoms with Crippen molar-refractivity contribution in [3.05, 3.63) is 35.9 Å². The summed E-state index contributed by atoms with van der Waals surface area (Å²) >= 11 is 0. The van der Waals surface area contributed by atoms with E-state index < -0.39 is 0 Å². The molecule has 104 valence electrons. The number of hydrogen-bond acceptors (Lipinski definition) is 3. The molecule has 1 aliphatic rings. The molecule has 0 saturated carbocycles. The van der Waals surface area contributed by atoms with Crippen LogP contribution in [0.3, 0.4) is 0 Å². The standard InChI is InChI=1S/C15H22N2O2/c18-15(16-19)8-11-17-9-6-14(7-10-17)12-13-4-2-1-3-5-13/h1-5,14,19H,6-12H2,(H,16,18). The highest BCUT2D eigenvalue weighted by Gasteiger charge is 2.19. The molecular weight excluding hydrogens is 240 g/mol. The molecule has 4 nitrogen and oxygen atoms in total. The number of hydroxylamine groups is 1. The monoisotopic (exact) mass is 262 g/mol. The minimum Gasteiger partial charge on any atom is -0.303 e. The van der Waals surface area contributed by atoms with Crippen LogP contribution in [0.15, 0.2) is 30.3 Å². The summed E-state index contributed by atoms with van der Waals surface area (Å²) in [5.41, 5.74) is 3.10. The molecule has 0 spiro atoms. The smallest absolute Gasteiger partial charge is 0.244 e. The molecule has 1 amide bonds. The Morgan fingerprint density at radius 3 is 2.58 bits per heavy atom. The zero-order valence-corrected chi connectivity index (χ0v) is 11.2. The molecule has 0 aliphatic carbocycles. The maximum absolute atomic E-state index is 11.0. The highest BCUT2D eigenvalue weighted by Crippen LogP contribution is 2.21. The van der Waals surface area contributed by atoms with Crippen molar-refractivity contribution in [3.63, 3.8) is 0 Å². The Kier molecular flexibility index (Phi) is 5.36. The Morgan fingerprint density at radius 2 is 1.95 bits per heavy atom. The summed E-state index contributed by atoms with van der Waals surface area (Å²) in [6.45, 7) is 2.84. The van der Waals surface area contributed by atoms with Crippen molar-refractivity contribution in [2.24, 2.45) is 5.92 Å². The number of carbonyl (C=O) groups excluding carboxylic acids is 1. The Balaban J connectivity index is 1.69. The SMILES string of the molecule is O=C(CCN1CCC(Cc2ccccc2)CC1)NO. The summed E-state index contributed by atoms with van der Waals surface area (Å²) in [6, 6.07) is 10.6. The molecule has 2 N–H and O–H groups in total. The van der Waals surface area contributed by atoms with Gasteiger partial charge in [-0.15, -0.1) is 0 Å². The molecule has 19 heavy (non-hydrogen) atoms. The van der Waals surface area contributed by atoms with E-state index in [0.29, 0.717) is 6.42 Å². The van der Waals surface area contributed by atoms with Crippen molar-refractivity contribution in [2.45, 2.75) is 25.7 Å². The average Bonchev–Trinajstić information content (AvgIpc) is 2.47. The number of benzene rings is 1. The largest absolute Gasteiger partial charge is 0.303 e. The molecule has 1 aromatic carbocycles. The topological polar surface area (TPSA) is 52.6 Å². The van der Waals surface area contributed by atoms with Crippen molar-refractivity contribution in [2.75, 3.05) is 19.6 Å². The number of hydrogen-bond donors (Lipinski definition) is 2. The summed E-state index contributed by atoms with van der Waals surface area (Å²) in [5.74, 6) is 0.455. The molecule has 1 heterocycles. The maximum atomic E-state index is 11.0. The van der Waals surface area contributed by atoms with Gasteiger partial charge in [0.05, 0.1) is 0 Å². The van der Waals surface area contributed by atoms with E-state index in [2.05, 4.69) is 35.2 Å². The van der Waals surface area contributed by atoms with Gasteiger partial charge in [0.1, 0.15) is 0 Å². The molecule has 0 atom stereocenters. The van der Waals surface area contributed by atoms with E-state index in [1.165, 1.54) is 18.4 Å². The number of nitrogens with one attached hydrogen (secondary N) is 1. The quantitative estimate of drug-likeness (QED) is 0.629. The van der Waals surface area contributed by atoms with Crippen LogP contribution in [0.2, 0.25) is 0 Å². The Bertz CT molecular complexity index is 386. The second kappa shape index (κ2) is 7.26. The van der Waals surface area contributed by atoms with Crippen LogP contribution in [0.1, 0.15) is 24.8 Å². The van der Waals surface area contributed by atoms with Crippen LogP contribution >= 0.6 is 0 Å². The first-order valence-electron chi connectivity index (χ1n) is 6.97. The lowest BCUT2D eigenvalue weighted by atomic mass is 9.90. The fourth-order valence-corrected chi connectivity index (χ4v) is 2.68. The zero-order chi connectivity index (χ0) is 13.5. The molecule has 1 aromatic rings. The molecule has 4 heteroatoms. The fourth-order valence-electron chi connectivity index (χ4n) is 2.68. The first kappa shape index (κ1) is 14.0. The predicted octanol–water partition coefficient (Wildman–Crippen LogP) is 1.84. The Labute approximate surface area is 114 Å². The zero-order valence-electron chi connectivity index (χ0n) is 11.2. The minimum atomic E-state index is -0.300. The predicted molar refractivity (Wildman–Crippen MR) is 73.9 cm³/mol. The van der Waals surface area contributed by atoms with Crippen LogP contribution in [0.4, 0.5) is 0 Å². The van der Waals surface area contributed by atoms with E-state index in [9.17, 15) is 4.79 Å². The Hall–Kier alpha value is -1.39. The second-order valence-corrected chi connectivity index (χ2v) is 5.26. The summed E-state index contributed by atoms with van der Waals surface area (Å²) in [6.07, 6.45) is 3.91.